The van der Waals surface area contributed by atoms with Crippen molar-refractivity contribution in [2.24, 2.45) is 4.99 Å². The Labute approximate surface area is 118 Å². The Morgan fingerprint density at radius 2 is 1.60 bits per heavy atom. The van der Waals surface area contributed by atoms with E-state index in [-0.39, 0.29) is 11.9 Å². The van der Waals surface area contributed by atoms with Gasteiger partial charge in [-0.05, 0) is 32.0 Å². The number of aliphatic imine (C=N–C) groups is 1. The molecular weight excluding hydrogens is 248 g/mol. The predicted octanol–water partition coefficient (Wildman–Crippen LogP) is 3.56. The van der Waals surface area contributed by atoms with Gasteiger partial charge in [-0.3, -0.25) is 4.79 Å². The second-order valence-electron chi connectivity index (χ2n) is 5.08. The van der Waals surface area contributed by atoms with Crippen LogP contribution < -0.4 is 4.90 Å². The number of amides is 1. The summed E-state index contributed by atoms with van der Waals surface area (Å²) in [5, 5.41) is 0. The first kappa shape index (κ1) is 12.6. The molecule has 0 spiro atoms. The molecule has 3 nitrogen and oxygen atoms in total. The number of fused-ring (bicyclic) bond motifs is 1. The molecule has 0 saturated carbocycles. The normalized spacial score (nSPS) is 16.1. The number of hydrogen-bond acceptors (Lipinski definition) is 2. The van der Waals surface area contributed by atoms with Crippen LogP contribution in [0.25, 0.3) is 0 Å². The van der Waals surface area contributed by atoms with Gasteiger partial charge in [0.15, 0.2) is 0 Å². The predicted molar refractivity (Wildman–Crippen MR) is 81.7 cm³/mol. The molecule has 2 aromatic carbocycles. The van der Waals surface area contributed by atoms with Gasteiger partial charge in [0.25, 0.3) is 5.91 Å². The van der Waals surface area contributed by atoms with E-state index in [1.54, 1.807) is 4.90 Å². The second-order valence-corrected chi connectivity index (χ2v) is 5.08. The molecule has 3 heteroatoms. The maximum Gasteiger partial charge on any atom is 0.277 e. The van der Waals surface area contributed by atoms with Crippen molar-refractivity contribution in [1.82, 2.24) is 0 Å². The molecule has 0 fully saturated rings. The molecule has 0 saturated heterocycles. The Bertz CT molecular complexity index is 674. The Balaban J connectivity index is 2.14. The number of anilines is 1. The van der Waals surface area contributed by atoms with Gasteiger partial charge < -0.3 is 4.90 Å². The summed E-state index contributed by atoms with van der Waals surface area (Å²) in [5.74, 6) is -0.0231. The molecule has 3 rings (SSSR count). The van der Waals surface area contributed by atoms with Crippen molar-refractivity contribution in [3.05, 3.63) is 60.2 Å². The van der Waals surface area contributed by atoms with Crippen LogP contribution in [0.3, 0.4) is 0 Å². The van der Waals surface area contributed by atoms with Crippen molar-refractivity contribution in [2.45, 2.75) is 19.9 Å². The third-order valence-corrected chi connectivity index (χ3v) is 3.35. The molecule has 100 valence electrons. The maximum atomic E-state index is 12.6. The van der Waals surface area contributed by atoms with Crippen molar-refractivity contribution in [3.63, 3.8) is 0 Å². The molecule has 0 aliphatic carbocycles. The van der Waals surface area contributed by atoms with Gasteiger partial charge in [-0.2, -0.15) is 0 Å². The van der Waals surface area contributed by atoms with E-state index in [2.05, 4.69) is 4.99 Å². The monoisotopic (exact) mass is 264 g/mol. The Hall–Kier alpha value is -2.42. The van der Waals surface area contributed by atoms with Gasteiger partial charge in [0, 0.05) is 11.6 Å². The van der Waals surface area contributed by atoms with Crippen LogP contribution in [0.4, 0.5) is 11.4 Å². The lowest BCUT2D eigenvalue weighted by atomic mass is 10.1. The molecule has 0 atom stereocenters. The molecule has 0 radical (unpaired) electrons. The lowest BCUT2D eigenvalue weighted by Gasteiger charge is -2.20. The summed E-state index contributed by atoms with van der Waals surface area (Å²) in [6.07, 6.45) is 0. The standard InChI is InChI=1S/C17H16N2O/c1-12(2)19-15-11-7-6-10-14(15)16(17(19)20)18-13-8-4-3-5-9-13/h3-12H,1-2H3. The molecule has 1 amide bonds. The van der Waals surface area contributed by atoms with Crippen LogP contribution in [-0.4, -0.2) is 17.7 Å². The average Bonchev–Trinajstić information content (AvgIpc) is 2.73. The quantitative estimate of drug-likeness (QED) is 0.816. The summed E-state index contributed by atoms with van der Waals surface area (Å²) >= 11 is 0. The van der Waals surface area contributed by atoms with Crippen molar-refractivity contribution < 1.29 is 4.79 Å². The highest BCUT2D eigenvalue weighted by Crippen LogP contribution is 2.32. The molecule has 0 bridgehead atoms. The van der Waals surface area contributed by atoms with Gasteiger partial charge in [0.2, 0.25) is 0 Å². The first-order chi connectivity index (χ1) is 9.68. The summed E-state index contributed by atoms with van der Waals surface area (Å²) in [4.78, 5) is 18.9. The first-order valence-corrected chi connectivity index (χ1v) is 6.75. The van der Waals surface area contributed by atoms with Crippen LogP contribution in [0.2, 0.25) is 0 Å². The van der Waals surface area contributed by atoms with E-state index in [4.69, 9.17) is 0 Å². The van der Waals surface area contributed by atoms with Crippen molar-refractivity contribution in [3.8, 4) is 0 Å². The van der Waals surface area contributed by atoms with E-state index in [0.29, 0.717) is 5.71 Å². The van der Waals surface area contributed by atoms with E-state index >= 15 is 0 Å². The number of benzene rings is 2. The van der Waals surface area contributed by atoms with Gasteiger partial charge in [0.1, 0.15) is 5.71 Å². The molecule has 20 heavy (non-hydrogen) atoms. The van der Waals surface area contributed by atoms with Gasteiger partial charge in [-0.1, -0.05) is 36.4 Å². The first-order valence-electron chi connectivity index (χ1n) is 6.75. The number of para-hydroxylation sites is 2. The van der Waals surface area contributed by atoms with Crippen LogP contribution in [0, 0.1) is 0 Å². The topological polar surface area (TPSA) is 32.7 Å². The fourth-order valence-corrected chi connectivity index (χ4v) is 2.48. The van der Waals surface area contributed by atoms with Crippen LogP contribution >= 0.6 is 0 Å². The summed E-state index contributed by atoms with van der Waals surface area (Å²) < 4.78 is 0. The lowest BCUT2D eigenvalue weighted by molar-refractivity contribution is -0.112. The fraction of sp³-hybridized carbons (Fsp3) is 0.176. The minimum absolute atomic E-state index is 0.0231. The molecule has 0 N–H and O–H groups in total. The van der Waals surface area contributed by atoms with Crippen LogP contribution in [0.5, 0.6) is 0 Å². The molecule has 1 aliphatic heterocycles. The van der Waals surface area contributed by atoms with Gasteiger partial charge in [-0.25, -0.2) is 4.99 Å². The fourth-order valence-electron chi connectivity index (χ4n) is 2.48. The summed E-state index contributed by atoms with van der Waals surface area (Å²) in [5.41, 5.74) is 3.19. The highest BCUT2D eigenvalue weighted by atomic mass is 16.2. The van der Waals surface area contributed by atoms with E-state index in [1.807, 2.05) is 68.4 Å². The van der Waals surface area contributed by atoms with Crippen LogP contribution in [0.1, 0.15) is 19.4 Å². The Morgan fingerprint density at radius 1 is 0.950 bits per heavy atom. The zero-order valence-electron chi connectivity index (χ0n) is 11.6. The smallest absolute Gasteiger partial charge is 0.277 e. The third-order valence-electron chi connectivity index (χ3n) is 3.35. The average molecular weight is 264 g/mol. The molecule has 0 unspecified atom stereocenters. The number of carbonyl (C=O) groups is 1. The minimum atomic E-state index is -0.0231. The van der Waals surface area contributed by atoms with Gasteiger partial charge in [0.05, 0.1) is 11.4 Å². The number of nitrogens with zero attached hydrogens (tertiary/aromatic N) is 2. The van der Waals surface area contributed by atoms with E-state index in [9.17, 15) is 4.79 Å². The number of hydrogen-bond donors (Lipinski definition) is 0. The molecular formula is C17H16N2O. The second kappa shape index (κ2) is 4.93. The van der Waals surface area contributed by atoms with Gasteiger partial charge >= 0.3 is 0 Å². The lowest BCUT2D eigenvalue weighted by Crippen LogP contribution is -2.35. The Kier molecular flexibility index (Phi) is 3.11. The van der Waals surface area contributed by atoms with E-state index in [0.717, 1.165) is 16.9 Å². The molecule has 1 aliphatic rings. The highest BCUT2D eigenvalue weighted by Gasteiger charge is 2.34. The summed E-state index contributed by atoms with van der Waals surface area (Å²) in [7, 11) is 0. The minimum Gasteiger partial charge on any atom is -0.304 e. The Morgan fingerprint density at radius 3 is 2.30 bits per heavy atom. The van der Waals surface area contributed by atoms with Crippen molar-refractivity contribution >= 4 is 23.0 Å². The van der Waals surface area contributed by atoms with Crippen LogP contribution in [-0.2, 0) is 4.79 Å². The number of carbonyl (C=O) groups excluding carboxylic acids is 1. The van der Waals surface area contributed by atoms with E-state index in [1.165, 1.54) is 0 Å². The summed E-state index contributed by atoms with van der Waals surface area (Å²) in [6.45, 7) is 4.03. The largest absolute Gasteiger partial charge is 0.304 e. The van der Waals surface area contributed by atoms with Crippen LogP contribution in [0.15, 0.2) is 59.6 Å². The molecule has 0 aromatic heterocycles. The zero-order chi connectivity index (χ0) is 14.1. The van der Waals surface area contributed by atoms with E-state index < -0.39 is 0 Å². The highest BCUT2D eigenvalue weighted by molar-refractivity contribution is 6.54. The molecule has 2 aromatic rings. The number of rotatable bonds is 2. The molecule has 1 heterocycles. The third kappa shape index (κ3) is 2.01. The maximum absolute atomic E-state index is 12.6. The zero-order valence-corrected chi connectivity index (χ0v) is 11.6. The SMILES string of the molecule is CC(C)N1C(=O)C(=Nc2ccccc2)c2ccccc21. The van der Waals surface area contributed by atoms with Crippen molar-refractivity contribution in [2.75, 3.05) is 4.90 Å². The van der Waals surface area contributed by atoms with Gasteiger partial charge in [-0.15, -0.1) is 0 Å². The summed E-state index contributed by atoms with van der Waals surface area (Å²) in [6, 6.07) is 17.5. The van der Waals surface area contributed by atoms with Crippen molar-refractivity contribution in [1.29, 1.82) is 0 Å².